The van der Waals surface area contributed by atoms with Crippen LogP contribution in [0.1, 0.15) is 32.2 Å². The van der Waals surface area contributed by atoms with Gasteiger partial charge in [-0.05, 0) is 58.4 Å². The van der Waals surface area contributed by atoms with Crippen LogP contribution in [0.5, 0.6) is 0 Å². The summed E-state index contributed by atoms with van der Waals surface area (Å²) >= 11 is 5.90. The lowest BCUT2D eigenvalue weighted by atomic mass is 10.1. The summed E-state index contributed by atoms with van der Waals surface area (Å²) in [6.45, 7) is 9.16. The number of nitrogens with one attached hydrogen (secondary N) is 1. The summed E-state index contributed by atoms with van der Waals surface area (Å²) in [5, 5.41) is 7.64. The van der Waals surface area contributed by atoms with Gasteiger partial charge in [0.2, 0.25) is 5.91 Å². The van der Waals surface area contributed by atoms with Crippen LogP contribution in [0.4, 0.5) is 5.69 Å². The van der Waals surface area contributed by atoms with Gasteiger partial charge in [0.25, 0.3) is 0 Å². The predicted octanol–water partition coefficient (Wildman–Crippen LogP) is 2.71. The quantitative estimate of drug-likeness (QED) is 0.937. The van der Waals surface area contributed by atoms with Gasteiger partial charge in [0.15, 0.2) is 0 Å². The van der Waals surface area contributed by atoms with Crippen molar-refractivity contribution in [1.29, 1.82) is 0 Å². The van der Waals surface area contributed by atoms with Crippen molar-refractivity contribution in [3.63, 3.8) is 0 Å². The van der Waals surface area contributed by atoms with Crippen LogP contribution in [0, 0.1) is 13.8 Å². The highest BCUT2D eigenvalue weighted by atomic mass is 35.5. The van der Waals surface area contributed by atoms with Crippen molar-refractivity contribution in [2.45, 2.75) is 46.7 Å². The highest BCUT2D eigenvalue weighted by Crippen LogP contribution is 2.19. The van der Waals surface area contributed by atoms with Gasteiger partial charge in [-0.3, -0.25) is 9.36 Å². The number of rotatable bonds is 3. The van der Waals surface area contributed by atoms with E-state index in [1.165, 1.54) is 9.25 Å². The molecule has 0 aliphatic rings. The Balaban J connectivity index is 2.21. The second-order valence-corrected chi connectivity index (χ2v) is 6.94. The number of aryl methyl sites for hydroxylation is 2. The van der Waals surface area contributed by atoms with Gasteiger partial charge >= 0.3 is 5.69 Å². The van der Waals surface area contributed by atoms with Crippen LogP contribution in [0.3, 0.4) is 0 Å². The zero-order chi connectivity index (χ0) is 17.4. The molecule has 2 rings (SSSR count). The molecular formula is C16H21ClN4O2. The fourth-order valence-electron chi connectivity index (χ4n) is 2.21. The van der Waals surface area contributed by atoms with Crippen LogP contribution in [0.2, 0.25) is 5.02 Å². The molecule has 0 unspecified atom stereocenters. The standard InChI is InChI=1S/C16H21ClN4O2/c1-10-8-12(17)6-7-13(10)18-14(22)9-20-11(2)19-21(15(20)23)16(3,4)5/h6-8H,9H2,1-5H3,(H,18,22). The molecule has 0 saturated heterocycles. The zero-order valence-corrected chi connectivity index (χ0v) is 14.7. The van der Waals surface area contributed by atoms with E-state index < -0.39 is 5.54 Å². The maximum absolute atomic E-state index is 12.4. The van der Waals surface area contributed by atoms with Gasteiger partial charge in [-0.2, -0.15) is 5.10 Å². The van der Waals surface area contributed by atoms with Gasteiger partial charge in [-0.25, -0.2) is 9.48 Å². The first-order valence-electron chi connectivity index (χ1n) is 7.32. The molecule has 0 bridgehead atoms. The van der Waals surface area contributed by atoms with E-state index in [-0.39, 0.29) is 18.1 Å². The number of anilines is 1. The predicted molar refractivity (Wildman–Crippen MR) is 91.0 cm³/mol. The summed E-state index contributed by atoms with van der Waals surface area (Å²) in [5.74, 6) is 0.224. The van der Waals surface area contributed by atoms with Crippen molar-refractivity contribution < 1.29 is 4.79 Å². The summed E-state index contributed by atoms with van der Waals surface area (Å²) in [4.78, 5) is 24.6. The molecule has 0 aliphatic heterocycles. The first-order chi connectivity index (χ1) is 10.6. The van der Waals surface area contributed by atoms with E-state index >= 15 is 0 Å². The molecule has 0 aliphatic carbocycles. The molecule has 2 aromatic rings. The molecular weight excluding hydrogens is 316 g/mol. The van der Waals surface area contributed by atoms with Crippen LogP contribution in [-0.2, 0) is 16.9 Å². The Labute approximate surface area is 140 Å². The van der Waals surface area contributed by atoms with E-state index in [1.807, 2.05) is 27.7 Å². The number of carbonyl (C=O) groups is 1. The molecule has 1 aromatic carbocycles. The molecule has 0 fully saturated rings. The summed E-state index contributed by atoms with van der Waals surface area (Å²) in [6, 6.07) is 5.22. The Bertz CT molecular complexity index is 799. The van der Waals surface area contributed by atoms with E-state index in [0.717, 1.165) is 5.56 Å². The van der Waals surface area contributed by atoms with Crippen molar-refractivity contribution in [1.82, 2.24) is 14.3 Å². The average Bonchev–Trinajstić information content (AvgIpc) is 2.70. The van der Waals surface area contributed by atoms with Gasteiger partial charge in [-0.15, -0.1) is 0 Å². The second kappa shape index (κ2) is 6.20. The molecule has 124 valence electrons. The van der Waals surface area contributed by atoms with Crippen molar-refractivity contribution in [2.24, 2.45) is 0 Å². The number of nitrogens with zero attached hydrogens (tertiary/aromatic N) is 3. The normalized spacial score (nSPS) is 11.6. The number of carbonyl (C=O) groups excluding carboxylic acids is 1. The van der Waals surface area contributed by atoms with E-state index in [4.69, 9.17) is 11.6 Å². The van der Waals surface area contributed by atoms with Crippen molar-refractivity contribution in [3.05, 3.63) is 45.1 Å². The molecule has 0 radical (unpaired) electrons. The number of hydrogen-bond acceptors (Lipinski definition) is 3. The minimum absolute atomic E-state index is 0.0805. The van der Waals surface area contributed by atoms with Gasteiger partial charge in [-0.1, -0.05) is 11.6 Å². The third kappa shape index (κ3) is 3.82. The monoisotopic (exact) mass is 336 g/mol. The number of halogens is 1. The van der Waals surface area contributed by atoms with Crippen LogP contribution < -0.4 is 11.0 Å². The summed E-state index contributed by atoms with van der Waals surface area (Å²) in [6.07, 6.45) is 0. The molecule has 0 saturated carbocycles. The lowest BCUT2D eigenvalue weighted by Crippen LogP contribution is -2.37. The van der Waals surface area contributed by atoms with E-state index in [9.17, 15) is 9.59 Å². The number of amides is 1. The largest absolute Gasteiger partial charge is 0.346 e. The maximum atomic E-state index is 12.4. The van der Waals surface area contributed by atoms with Gasteiger partial charge in [0.05, 0.1) is 5.54 Å². The molecule has 1 heterocycles. The summed E-state index contributed by atoms with van der Waals surface area (Å²) in [5.41, 5.74) is 0.808. The third-order valence-corrected chi connectivity index (χ3v) is 3.68. The molecule has 23 heavy (non-hydrogen) atoms. The van der Waals surface area contributed by atoms with Crippen molar-refractivity contribution in [2.75, 3.05) is 5.32 Å². The Morgan fingerprint density at radius 1 is 1.30 bits per heavy atom. The van der Waals surface area contributed by atoms with Gasteiger partial charge in [0, 0.05) is 10.7 Å². The fourth-order valence-corrected chi connectivity index (χ4v) is 2.44. The molecule has 1 aromatic heterocycles. The lowest BCUT2D eigenvalue weighted by molar-refractivity contribution is -0.116. The van der Waals surface area contributed by atoms with Gasteiger partial charge < -0.3 is 5.32 Å². The summed E-state index contributed by atoms with van der Waals surface area (Å²) < 4.78 is 2.76. The fraction of sp³-hybridized carbons (Fsp3) is 0.438. The van der Waals surface area contributed by atoms with Crippen molar-refractivity contribution >= 4 is 23.2 Å². The molecule has 0 spiro atoms. The van der Waals surface area contributed by atoms with Crippen molar-refractivity contribution in [3.8, 4) is 0 Å². The Morgan fingerprint density at radius 3 is 2.48 bits per heavy atom. The van der Waals surface area contributed by atoms with Crippen LogP contribution in [0.15, 0.2) is 23.0 Å². The highest BCUT2D eigenvalue weighted by Gasteiger charge is 2.22. The molecule has 6 nitrogen and oxygen atoms in total. The molecule has 1 amide bonds. The topological polar surface area (TPSA) is 68.9 Å². The smallest absolute Gasteiger partial charge is 0.324 e. The Kier molecular flexibility index (Phi) is 4.66. The molecule has 7 heteroatoms. The lowest BCUT2D eigenvalue weighted by Gasteiger charge is -2.16. The highest BCUT2D eigenvalue weighted by molar-refractivity contribution is 6.30. The average molecular weight is 337 g/mol. The minimum Gasteiger partial charge on any atom is -0.324 e. The Morgan fingerprint density at radius 2 is 1.96 bits per heavy atom. The van der Waals surface area contributed by atoms with Crippen LogP contribution in [0.25, 0.3) is 0 Å². The van der Waals surface area contributed by atoms with Crippen LogP contribution >= 0.6 is 11.6 Å². The SMILES string of the molecule is Cc1cc(Cl)ccc1NC(=O)Cn1c(C)nn(C(C)(C)C)c1=O. The first kappa shape index (κ1) is 17.3. The molecule has 1 N–H and O–H groups in total. The van der Waals surface area contributed by atoms with Gasteiger partial charge in [0.1, 0.15) is 12.4 Å². The Hall–Kier alpha value is -2.08. The van der Waals surface area contributed by atoms with E-state index in [2.05, 4.69) is 10.4 Å². The van der Waals surface area contributed by atoms with Crippen LogP contribution in [-0.4, -0.2) is 20.3 Å². The maximum Gasteiger partial charge on any atom is 0.346 e. The second-order valence-electron chi connectivity index (χ2n) is 6.51. The zero-order valence-electron chi connectivity index (χ0n) is 14.0. The third-order valence-electron chi connectivity index (χ3n) is 3.45. The summed E-state index contributed by atoms with van der Waals surface area (Å²) in [7, 11) is 0. The number of aromatic nitrogens is 3. The van der Waals surface area contributed by atoms with E-state index in [0.29, 0.717) is 16.5 Å². The molecule has 0 atom stereocenters. The number of benzene rings is 1. The minimum atomic E-state index is -0.434. The van der Waals surface area contributed by atoms with E-state index in [1.54, 1.807) is 25.1 Å². The number of hydrogen-bond donors (Lipinski definition) is 1. The first-order valence-corrected chi connectivity index (χ1v) is 7.70.